The second-order valence-electron chi connectivity index (χ2n) is 5.80. The van der Waals surface area contributed by atoms with E-state index in [2.05, 4.69) is 28.7 Å². The summed E-state index contributed by atoms with van der Waals surface area (Å²) in [5, 5.41) is 3.99. The summed E-state index contributed by atoms with van der Waals surface area (Å²) in [5.41, 5.74) is 1.99. The number of sulfonamides is 1. The zero-order valence-corrected chi connectivity index (χ0v) is 13.8. The first-order valence-electron chi connectivity index (χ1n) is 7.36. The molecule has 0 saturated carbocycles. The average Bonchev–Trinajstić information content (AvgIpc) is 2.96. The topological polar surface area (TPSA) is 76.4 Å². The van der Waals surface area contributed by atoms with Crippen molar-refractivity contribution in [1.82, 2.24) is 14.6 Å². The van der Waals surface area contributed by atoms with E-state index in [1.807, 2.05) is 12.1 Å². The van der Waals surface area contributed by atoms with Crippen LogP contribution in [0.1, 0.15) is 19.4 Å². The summed E-state index contributed by atoms with van der Waals surface area (Å²) in [4.78, 5) is 4.30. The summed E-state index contributed by atoms with van der Waals surface area (Å²) >= 11 is 0. The number of anilines is 1. The Morgan fingerprint density at radius 3 is 2.61 bits per heavy atom. The van der Waals surface area contributed by atoms with E-state index in [1.54, 1.807) is 30.5 Å². The SMILES string of the molecule is CC(C)Cc1ccc(S(=O)(=O)Nc2cccn3ncnc23)cc1. The monoisotopic (exact) mass is 330 g/mol. The quantitative estimate of drug-likeness (QED) is 0.780. The van der Waals surface area contributed by atoms with Gasteiger partial charge < -0.3 is 0 Å². The van der Waals surface area contributed by atoms with E-state index in [-0.39, 0.29) is 4.90 Å². The van der Waals surface area contributed by atoms with Crippen LogP contribution in [0.5, 0.6) is 0 Å². The van der Waals surface area contributed by atoms with Crippen molar-refractivity contribution in [2.45, 2.75) is 25.2 Å². The first kappa shape index (κ1) is 15.5. The van der Waals surface area contributed by atoms with Crippen molar-refractivity contribution in [3.8, 4) is 0 Å². The van der Waals surface area contributed by atoms with Crippen LogP contribution in [-0.4, -0.2) is 23.0 Å². The van der Waals surface area contributed by atoms with Gasteiger partial charge in [0.15, 0.2) is 5.65 Å². The largest absolute Gasteiger partial charge is 0.276 e. The van der Waals surface area contributed by atoms with Crippen LogP contribution in [0.15, 0.2) is 53.8 Å². The van der Waals surface area contributed by atoms with Gasteiger partial charge >= 0.3 is 0 Å². The maximum Gasteiger partial charge on any atom is 0.262 e. The highest BCUT2D eigenvalue weighted by atomic mass is 32.2. The average molecular weight is 330 g/mol. The second-order valence-corrected chi connectivity index (χ2v) is 7.48. The van der Waals surface area contributed by atoms with Gasteiger partial charge in [0.1, 0.15) is 6.33 Å². The molecule has 0 atom stereocenters. The Kier molecular flexibility index (Phi) is 4.04. The Morgan fingerprint density at radius 2 is 1.91 bits per heavy atom. The lowest BCUT2D eigenvalue weighted by Crippen LogP contribution is -2.14. The van der Waals surface area contributed by atoms with Gasteiger partial charge in [-0.2, -0.15) is 5.10 Å². The van der Waals surface area contributed by atoms with E-state index < -0.39 is 10.0 Å². The first-order valence-corrected chi connectivity index (χ1v) is 8.84. The number of hydrogen-bond acceptors (Lipinski definition) is 4. The molecule has 1 N–H and O–H groups in total. The van der Waals surface area contributed by atoms with Gasteiger partial charge in [0.25, 0.3) is 10.0 Å². The van der Waals surface area contributed by atoms with Crippen LogP contribution >= 0.6 is 0 Å². The Bertz CT molecular complexity index is 915. The van der Waals surface area contributed by atoms with Gasteiger partial charge in [-0.25, -0.2) is 17.9 Å². The zero-order valence-electron chi connectivity index (χ0n) is 13.0. The highest BCUT2D eigenvalue weighted by Crippen LogP contribution is 2.20. The number of fused-ring (bicyclic) bond motifs is 1. The van der Waals surface area contributed by atoms with Crippen molar-refractivity contribution in [3.05, 3.63) is 54.5 Å². The van der Waals surface area contributed by atoms with Crippen molar-refractivity contribution in [2.24, 2.45) is 5.92 Å². The molecular weight excluding hydrogens is 312 g/mol. The third-order valence-corrected chi connectivity index (χ3v) is 4.81. The van der Waals surface area contributed by atoms with Gasteiger partial charge in [0, 0.05) is 6.20 Å². The molecule has 3 aromatic rings. The number of benzene rings is 1. The van der Waals surface area contributed by atoms with Gasteiger partial charge in [-0.1, -0.05) is 26.0 Å². The molecule has 23 heavy (non-hydrogen) atoms. The standard InChI is InChI=1S/C16H18N4O2S/c1-12(2)10-13-5-7-14(8-6-13)23(21,22)19-15-4-3-9-20-16(15)17-11-18-20/h3-9,11-12,19H,10H2,1-2H3. The van der Waals surface area contributed by atoms with E-state index in [4.69, 9.17) is 0 Å². The molecule has 0 fully saturated rings. The van der Waals surface area contributed by atoms with Crippen LogP contribution in [0.2, 0.25) is 0 Å². The Balaban J connectivity index is 1.88. The Labute approximate surface area is 135 Å². The third-order valence-electron chi connectivity index (χ3n) is 3.43. The summed E-state index contributed by atoms with van der Waals surface area (Å²) in [7, 11) is -3.66. The molecule has 0 amide bonds. The van der Waals surface area contributed by atoms with E-state index in [0.29, 0.717) is 17.3 Å². The molecule has 2 aromatic heterocycles. The highest BCUT2D eigenvalue weighted by Gasteiger charge is 2.16. The first-order chi connectivity index (χ1) is 11.0. The lowest BCUT2D eigenvalue weighted by molar-refractivity contribution is 0.601. The van der Waals surface area contributed by atoms with Crippen LogP contribution < -0.4 is 4.72 Å². The molecule has 1 aromatic carbocycles. The van der Waals surface area contributed by atoms with Crippen molar-refractivity contribution < 1.29 is 8.42 Å². The fourth-order valence-corrected chi connectivity index (χ4v) is 3.47. The van der Waals surface area contributed by atoms with Crippen LogP contribution in [-0.2, 0) is 16.4 Å². The van der Waals surface area contributed by atoms with Crippen LogP contribution in [0.3, 0.4) is 0 Å². The fourth-order valence-electron chi connectivity index (χ4n) is 2.41. The van der Waals surface area contributed by atoms with Crippen molar-refractivity contribution in [3.63, 3.8) is 0 Å². The molecular formula is C16H18N4O2S. The van der Waals surface area contributed by atoms with Crippen molar-refractivity contribution >= 4 is 21.4 Å². The van der Waals surface area contributed by atoms with Gasteiger partial charge in [0.05, 0.1) is 10.6 Å². The van der Waals surface area contributed by atoms with Crippen molar-refractivity contribution in [1.29, 1.82) is 0 Å². The predicted octanol–water partition coefficient (Wildman–Crippen LogP) is 2.73. The number of nitrogens with one attached hydrogen (secondary N) is 1. The van der Waals surface area contributed by atoms with Crippen LogP contribution in [0, 0.1) is 5.92 Å². The molecule has 3 rings (SSSR count). The normalized spacial score (nSPS) is 12.0. The molecule has 2 heterocycles. The second kappa shape index (κ2) is 6.00. The molecule has 0 aliphatic heterocycles. The molecule has 0 spiro atoms. The number of nitrogens with zero attached hydrogens (tertiary/aromatic N) is 3. The molecule has 7 heteroatoms. The molecule has 0 saturated heterocycles. The smallest absolute Gasteiger partial charge is 0.262 e. The summed E-state index contributed by atoms with van der Waals surface area (Å²) in [6, 6.07) is 10.3. The number of rotatable bonds is 5. The van der Waals surface area contributed by atoms with Crippen molar-refractivity contribution in [2.75, 3.05) is 4.72 Å². The molecule has 120 valence electrons. The predicted molar refractivity (Wildman–Crippen MR) is 88.8 cm³/mol. The van der Waals surface area contributed by atoms with E-state index in [1.165, 1.54) is 10.8 Å². The number of aromatic nitrogens is 3. The van der Waals surface area contributed by atoms with E-state index >= 15 is 0 Å². The van der Waals surface area contributed by atoms with Gasteiger partial charge in [-0.15, -0.1) is 0 Å². The van der Waals surface area contributed by atoms with Crippen LogP contribution in [0.25, 0.3) is 5.65 Å². The summed E-state index contributed by atoms with van der Waals surface area (Å²) in [6.07, 6.45) is 4.02. The van der Waals surface area contributed by atoms with E-state index in [9.17, 15) is 8.42 Å². The fraction of sp³-hybridized carbons (Fsp3) is 0.250. The molecule has 0 unspecified atom stereocenters. The van der Waals surface area contributed by atoms with Gasteiger partial charge in [-0.05, 0) is 42.2 Å². The lowest BCUT2D eigenvalue weighted by Gasteiger charge is -2.10. The molecule has 0 bridgehead atoms. The maximum absolute atomic E-state index is 12.5. The molecule has 6 nitrogen and oxygen atoms in total. The Morgan fingerprint density at radius 1 is 1.17 bits per heavy atom. The Hall–Kier alpha value is -2.41. The minimum absolute atomic E-state index is 0.228. The van der Waals surface area contributed by atoms with Crippen LogP contribution in [0.4, 0.5) is 5.69 Å². The summed E-state index contributed by atoms with van der Waals surface area (Å²) in [5.74, 6) is 0.529. The molecule has 0 aliphatic rings. The minimum atomic E-state index is -3.66. The third kappa shape index (κ3) is 3.34. The van der Waals surface area contributed by atoms with Gasteiger partial charge in [0.2, 0.25) is 0 Å². The zero-order chi connectivity index (χ0) is 16.4. The van der Waals surface area contributed by atoms with Gasteiger partial charge in [-0.3, -0.25) is 4.72 Å². The minimum Gasteiger partial charge on any atom is -0.276 e. The molecule has 0 radical (unpaired) electrons. The van der Waals surface area contributed by atoms with E-state index in [0.717, 1.165) is 12.0 Å². The molecule has 0 aliphatic carbocycles. The summed E-state index contributed by atoms with van der Waals surface area (Å²) in [6.45, 7) is 4.26. The lowest BCUT2D eigenvalue weighted by atomic mass is 10.0. The summed E-state index contributed by atoms with van der Waals surface area (Å²) < 4.78 is 29.2. The number of pyridine rings is 1. The number of hydrogen-bond donors (Lipinski definition) is 1. The maximum atomic E-state index is 12.5. The highest BCUT2D eigenvalue weighted by molar-refractivity contribution is 7.92.